The number of aromatic nitrogens is 1. The molecule has 0 atom stereocenters. The van der Waals surface area contributed by atoms with Crippen LogP contribution in [-0.4, -0.2) is 10.5 Å². The van der Waals surface area contributed by atoms with E-state index in [0.29, 0.717) is 16.8 Å². The Balaban J connectivity index is 2.13. The molecule has 0 aliphatic carbocycles. The highest BCUT2D eigenvalue weighted by atomic mass is 19.1. The number of rotatable bonds is 4. The molecule has 0 aliphatic rings. The number of carbonyl (C=O) groups is 1. The minimum absolute atomic E-state index is 0.0915. The summed E-state index contributed by atoms with van der Waals surface area (Å²) in [5.74, 6) is -1.62. The van der Waals surface area contributed by atoms with Crippen LogP contribution >= 0.6 is 0 Å². The van der Waals surface area contributed by atoms with Crippen LogP contribution in [0.1, 0.15) is 32.9 Å². The Hall–Kier alpha value is -3.65. The molecule has 2 aromatic carbocycles. The van der Waals surface area contributed by atoms with E-state index in [9.17, 15) is 19.6 Å². The van der Waals surface area contributed by atoms with Gasteiger partial charge in [0.25, 0.3) is 0 Å². The lowest BCUT2D eigenvalue weighted by Gasteiger charge is -2.15. The third-order valence-electron chi connectivity index (χ3n) is 4.41. The van der Waals surface area contributed by atoms with Gasteiger partial charge in [-0.3, -0.25) is 0 Å². The molecule has 3 aromatic rings. The van der Waals surface area contributed by atoms with Crippen molar-refractivity contribution in [3.63, 3.8) is 0 Å². The standard InChI is InChI=1S/C22H17FN2O2/c1-14-11-17(12-18(13-24)16-7-9-19(23)10-8-16)15(2)25(14)21-6-4-3-5-20(21)22(26)27/h3-12H,1-2H3,(H,26,27)/p-1/b18-12-. The number of carboxylic acid groups (broad SMARTS) is 1. The predicted molar refractivity (Wildman–Crippen MR) is 99.5 cm³/mol. The van der Waals surface area contributed by atoms with Gasteiger partial charge in [-0.1, -0.05) is 30.3 Å². The molecule has 0 N–H and O–H groups in total. The number of allylic oxidation sites excluding steroid dienone is 1. The van der Waals surface area contributed by atoms with E-state index in [1.54, 1.807) is 36.4 Å². The lowest BCUT2D eigenvalue weighted by atomic mass is 10.0. The second-order valence-electron chi connectivity index (χ2n) is 6.14. The quantitative estimate of drug-likeness (QED) is 0.668. The van der Waals surface area contributed by atoms with Gasteiger partial charge in [0.05, 0.1) is 23.3 Å². The van der Waals surface area contributed by atoms with E-state index in [2.05, 4.69) is 6.07 Å². The molecule has 0 unspecified atom stereocenters. The first-order valence-electron chi connectivity index (χ1n) is 8.30. The van der Waals surface area contributed by atoms with Gasteiger partial charge in [-0.15, -0.1) is 0 Å². The van der Waals surface area contributed by atoms with Gasteiger partial charge in [0.1, 0.15) is 5.82 Å². The first-order chi connectivity index (χ1) is 12.9. The van der Waals surface area contributed by atoms with Crippen molar-refractivity contribution >= 4 is 17.6 Å². The third kappa shape index (κ3) is 3.51. The summed E-state index contributed by atoms with van der Waals surface area (Å²) in [5.41, 5.74) is 3.99. The molecule has 0 spiro atoms. The smallest absolute Gasteiger partial charge is 0.123 e. The highest BCUT2D eigenvalue weighted by Gasteiger charge is 2.14. The Labute approximate surface area is 156 Å². The highest BCUT2D eigenvalue weighted by molar-refractivity contribution is 5.92. The Kier molecular flexibility index (Phi) is 4.91. The van der Waals surface area contributed by atoms with Crippen LogP contribution in [0.4, 0.5) is 4.39 Å². The highest BCUT2D eigenvalue weighted by Crippen LogP contribution is 2.27. The second kappa shape index (κ2) is 7.30. The fourth-order valence-corrected chi connectivity index (χ4v) is 3.11. The van der Waals surface area contributed by atoms with Crippen molar-refractivity contribution in [3.8, 4) is 11.8 Å². The van der Waals surface area contributed by atoms with Crippen molar-refractivity contribution in [1.29, 1.82) is 5.26 Å². The number of para-hydroxylation sites is 1. The Morgan fingerprint density at radius 3 is 2.44 bits per heavy atom. The zero-order valence-electron chi connectivity index (χ0n) is 14.9. The van der Waals surface area contributed by atoms with Crippen molar-refractivity contribution in [2.75, 3.05) is 0 Å². The molecule has 0 amide bonds. The van der Waals surface area contributed by atoms with Crippen molar-refractivity contribution in [3.05, 3.63) is 88.5 Å². The molecule has 3 rings (SSSR count). The number of carboxylic acids is 1. The van der Waals surface area contributed by atoms with Gasteiger partial charge in [-0.2, -0.15) is 5.26 Å². The van der Waals surface area contributed by atoms with E-state index < -0.39 is 5.97 Å². The van der Waals surface area contributed by atoms with Crippen LogP contribution in [-0.2, 0) is 0 Å². The van der Waals surface area contributed by atoms with Crippen molar-refractivity contribution in [1.82, 2.24) is 4.57 Å². The molecule has 1 heterocycles. The summed E-state index contributed by atoms with van der Waals surface area (Å²) in [6.45, 7) is 3.71. The fourth-order valence-electron chi connectivity index (χ4n) is 3.11. The summed E-state index contributed by atoms with van der Waals surface area (Å²) in [6, 6.07) is 16.3. The number of aromatic carboxylic acids is 1. The molecule has 0 radical (unpaired) electrons. The molecule has 4 nitrogen and oxygen atoms in total. The van der Waals surface area contributed by atoms with Crippen LogP contribution in [0.3, 0.4) is 0 Å². The number of nitrogens with zero attached hydrogens (tertiary/aromatic N) is 2. The summed E-state index contributed by atoms with van der Waals surface area (Å²) in [7, 11) is 0. The molecular formula is C22H16FN2O2-. The summed E-state index contributed by atoms with van der Waals surface area (Å²) >= 11 is 0. The van der Waals surface area contributed by atoms with E-state index >= 15 is 0 Å². The Bertz CT molecular complexity index is 1090. The molecule has 0 saturated heterocycles. The number of aryl methyl sites for hydroxylation is 1. The van der Waals surface area contributed by atoms with Crippen LogP contribution in [0.25, 0.3) is 17.3 Å². The molecule has 1 aromatic heterocycles. The molecule has 0 bridgehead atoms. The topological polar surface area (TPSA) is 68.8 Å². The van der Waals surface area contributed by atoms with Gasteiger partial charge >= 0.3 is 0 Å². The van der Waals surface area contributed by atoms with Gasteiger partial charge in [0, 0.05) is 17.0 Å². The Morgan fingerprint density at radius 2 is 1.81 bits per heavy atom. The average molecular weight is 359 g/mol. The maximum Gasteiger partial charge on any atom is 0.123 e. The van der Waals surface area contributed by atoms with Gasteiger partial charge in [0.15, 0.2) is 0 Å². The summed E-state index contributed by atoms with van der Waals surface area (Å²) < 4.78 is 14.9. The van der Waals surface area contributed by atoms with E-state index in [0.717, 1.165) is 17.0 Å². The number of hydrogen-bond donors (Lipinski definition) is 0. The lowest BCUT2D eigenvalue weighted by molar-refractivity contribution is -0.255. The summed E-state index contributed by atoms with van der Waals surface area (Å²) in [5, 5.41) is 21.0. The maximum atomic E-state index is 13.1. The van der Waals surface area contributed by atoms with E-state index in [-0.39, 0.29) is 11.4 Å². The number of halogens is 1. The zero-order chi connectivity index (χ0) is 19.6. The van der Waals surface area contributed by atoms with Crippen LogP contribution in [0, 0.1) is 31.0 Å². The summed E-state index contributed by atoms with van der Waals surface area (Å²) in [4.78, 5) is 11.5. The first kappa shape index (κ1) is 18.2. The number of carbonyl (C=O) groups excluding carboxylic acids is 1. The van der Waals surface area contributed by atoms with Crippen molar-refractivity contribution in [2.45, 2.75) is 13.8 Å². The zero-order valence-corrected chi connectivity index (χ0v) is 14.9. The van der Waals surface area contributed by atoms with E-state index in [4.69, 9.17) is 0 Å². The van der Waals surface area contributed by atoms with Crippen LogP contribution < -0.4 is 5.11 Å². The third-order valence-corrected chi connectivity index (χ3v) is 4.41. The number of hydrogen-bond acceptors (Lipinski definition) is 3. The normalized spacial score (nSPS) is 11.3. The van der Waals surface area contributed by atoms with E-state index in [1.165, 1.54) is 18.2 Å². The molecule has 5 heteroatoms. The SMILES string of the molecule is Cc1cc(/C=C(/C#N)c2ccc(F)cc2)c(C)n1-c1ccccc1C(=O)[O-]. The first-order valence-corrected chi connectivity index (χ1v) is 8.30. The molecule has 27 heavy (non-hydrogen) atoms. The minimum Gasteiger partial charge on any atom is -0.545 e. The molecule has 134 valence electrons. The fraction of sp³-hybridized carbons (Fsp3) is 0.0909. The van der Waals surface area contributed by atoms with Crippen molar-refractivity contribution < 1.29 is 14.3 Å². The van der Waals surface area contributed by atoms with Crippen LogP contribution in [0.5, 0.6) is 0 Å². The monoisotopic (exact) mass is 359 g/mol. The van der Waals surface area contributed by atoms with Gasteiger partial charge in [-0.05, 0) is 55.3 Å². The second-order valence-corrected chi connectivity index (χ2v) is 6.14. The molecule has 0 aliphatic heterocycles. The largest absolute Gasteiger partial charge is 0.545 e. The number of nitriles is 1. The molecule has 0 fully saturated rings. The van der Waals surface area contributed by atoms with Crippen LogP contribution in [0.2, 0.25) is 0 Å². The van der Waals surface area contributed by atoms with Crippen LogP contribution in [0.15, 0.2) is 54.6 Å². The Morgan fingerprint density at radius 1 is 1.15 bits per heavy atom. The summed E-state index contributed by atoms with van der Waals surface area (Å²) in [6.07, 6.45) is 1.72. The van der Waals surface area contributed by atoms with Crippen molar-refractivity contribution in [2.24, 2.45) is 0 Å². The minimum atomic E-state index is -1.25. The van der Waals surface area contributed by atoms with Gasteiger partial charge in [0.2, 0.25) is 0 Å². The number of benzene rings is 2. The van der Waals surface area contributed by atoms with Gasteiger partial charge < -0.3 is 14.5 Å². The molecule has 0 saturated carbocycles. The van der Waals surface area contributed by atoms with E-state index in [1.807, 2.05) is 24.5 Å². The average Bonchev–Trinajstić information content (AvgIpc) is 2.93. The van der Waals surface area contributed by atoms with Gasteiger partial charge in [-0.25, -0.2) is 4.39 Å². The molecular weight excluding hydrogens is 343 g/mol. The lowest BCUT2D eigenvalue weighted by Crippen LogP contribution is -2.24. The predicted octanol–water partition coefficient (Wildman–Crippen LogP) is 3.66. The maximum absolute atomic E-state index is 13.1.